The number of carbonyl (C=O) groups is 1. The molecule has 6 nitrogen and oxygen atoms in total. The Morgan fingerprint density at radius 2 is 2.31 bits per heavy atom. The van der Waals surface area contributed by atoms with Gasteiger partial charge in [0.25, 0.3) is 0 Å². The molecule has 6 heteroatoms. The summed E-state index contributed by atoms with van der Waals surface area (Å²) in [5.41, 5.74) is 7.06. The summed E-state index contributed by atoms with van der Waals surface area (Å²) >= 11 is 0. The molecule has 1 heterocycles. The van der Waals surface area contributed by atoms with Gasteiger partial charge in [-0.1, -0.05) is 0 Å². The van der Waals surface area contributed by atoms with Crippen LogP contribution in [-0.4, -0.2) is 27.8 Å². The summed E-state index contributed by atoms with van der Waals surface area (Å²) < 4.78 is 6.16. The minimum absolute atomic E-state index is 0.315. The number of benzene rings is 1. The van der Waals surface area contributed by atoms with Crippen molar-refractivity contribution in [2.75, 3.05) is 12.8 Å². The van der Waals surface area contributed by atoms with Crippen molar-refractivity contribution in [2.24, 2.45) is 0 Å². The first-order chi connectivity index (χ1) is 7.72. The average molecular weight is 218 g/mol. The van der Waals surface area contributed by atoms with E-state index in [0.717, 1.165) is 0 Å². The molecule has 2 N–H and O–H groups in total. The monoisotopic (exact) mass is 218 g/mol. The topological polar surface area (TPSA) is 83.0 Å². The lowest BCUT2D eigenvalue weighted by Crippen LogP contribution is -2.07. The first-order valence-corrected chi connectivity index (χ1v) is 4.55. The second-order valence-electron chi connectivity index (χ2n) is 3.10. The molecule has 2 aromatic rings. The van der Waals surface area contributed by atoms with Gasteiger partial charge in [0.15, 0.2) is 0 Å². The molecule has 0 aliphatic heterocycles. The highest BCUT2D eigenvalue weighted by Crippen LogP contribution is 2.17. The van der Waals surface area contributed by atoms with Gasteiger partial charge in [-0.3, -0.25) is 0 Å². The minimum atomic E-state index is -0.473. The summed E-state index contributed by atoms with van der Waals surface area (Å²) in [5.74, 6) is -0.473. The summed E-state index contributed by atoms with van der Waals surface area (Å²) in [7, 11) is 1.31. The average Bonchev–Trinajstić information content (AvgIpc) is 2.82. The number of nitrogen functional groups attached to an aromatic ring is 1. The molecule has 0 aliphatic rings. The van der Waals surface area contributed by atoms with Crippen molar-refractivity contribution >= 4 is 11.7 Å². The molecule has 0 spiro atoms. The predicted octanol–water partition coefficient (Wildman–Crippen LogP) is 0.636. The van der Waals surface area contributed by atoms with Gasteiger partial charge >= 0.3 is 5.97 Å². The van der Waals surface area contributed by atoms with E-state index in [1.807, 2.05) is 0 Å². The van der Waals surface area contributed by atoms with Crippen molar-refractivity contribution in [3.8, 4) is 5.69 Å². The Morgan fingerprint density at radius 1 is 1.50 bits per heavy atom. The number of esters is 1. The molecule has 0 fully saturated rings. The molecular formula is C10H10N4O2. The van der Waals surface area contributed by atoms with Crippen LogP contribution in [0, 0.1) is 0 Å². The Balaban J connectivity index is 2.47. The van der Waals surface area contributed by atoms with Gasteiger partial charge < -0.3 is 10.5 Å². The van der Waals surface area contributed by atoms with E-state index in [-0.39, 0.29) is 0 Å². The van der Waals surface area contributed by atoms with Gasteiger partial charge in [0.1, 0.15) is 12.7 Å². The number of nitrogens with zero attached hydrogens (tertiary/aromatic N) is 3. The number of carbonyl (C=O) groups excluding carboxylic acids is 1. The highest BCUT2D eigenvalue weighted by atomic mass is 16.5. The molecule has 0 radical (unpaired) electrons. The van der Waals surface area contributed by atoms with Gasteiger partial charge in [0.2, 0.25) is 0 Å². The molecule has 0 saturated heterocycles. The Kier molecular flexibility index (Phi) is 2.55. The van der Waals surface area contributed by atoms with Crippen molar-refractivity contribution in [3.05, 3.63) is 36.4 Å². The fraction of sp³-hybridized carbons (Fsp3) is 0.100. The molecule has 0 aliphatic carbocycles. The van der Waals surface area contributed by atoms with E-state index in [9.17, 15) is 4.79 Å². The Bertz CT molecular complexity index is 508. The van der Waals surface area contributed by atoms with Crippen LogP contribution in [0.25, 0.3) is 5.69 Å². The van der Waals surface area contributed by atoms with Gasteiger partial charge in [-0.25, -0.2) is 14.5 Å². The Labute approximate surface area is 91.7 Å². The zero-order valence-electron chi connectivity index (χ0n) is 8.62. The van der Waals surface area contributed by atoms with Gasteiger partial charge in [-0.05, 0) is 18.2 Å². The molecule has 0 unspecified atom stereocenters. The summed E-state index contributed by atoms with van der Waals surface area (Å²) in [4.78, 5) is 15.2. The number of rotatable bonds is 2. The molecule has 0 atom stereocenters. The number of aromatic nitrogens is 3. The number of ether oxygens (including phenoxy) is 1. The van der Waals surface area contributed by atoms with Crippen LogP contribution in [0.4, 0.5) is 5.69 Å². The Hall–Kier alpha value is -2.37. The summed E-state index contributed by atoms with van der Waals surface area (Å²) in [6.07, 6.45) is 2.95. The number of anilines is 1. The lowest BCUT2D eigenvalue weighted by atomic mass is 10.1. The number of nitrogens with two attached hydrogens (primary N) is 1. The van der Waals surface area contributed by atoms with Crippen molar-refractivity contribution < 1.29 is 9.53 Å². The molecule has 0 amide bonds. The van der Waals surface area contributed by atoms with Crippen LogP contribution in [0.15, 0.2) is 30.9 Å². The first-order valence-electron chi connectivity index (χ1n) is 4.55. The fourth-order valence-electron chi connectivity index (χ4n) is 1.32. The van der Waals surface area contributed by atoms with Crippen molar-refractivity contribution in [3.63, 3.8) is 0 Å². The molecular weight excluding hydrogens is 208 g/mol. The van der Waals surface area contributed by atoms with E-state index in [2.05, 4.69) is 14.8 Å². The normalized spacial score (nSPS) is 10.1. The van der Waals surface area contributed by atoms with Gasteiger partial charge in [-0.2, -0.15) is 5.10 Å². The van der Waals surface area contributed by atoms with Gasteiger partial charge in [-0.15, -0.1) is 0 Å². The second-order valence-corrected chi connectivity index (χ2v) is 3.10. The van der Waals surface area contributed by atoms with Crippen LogP contribution >= 0.6 is 0 Å². The number of methoxy groups -OCH3 is 1. The maximum Gasteiger partial charge on any atom is 0.340 e. The highest BCUT2D eigenvalue weighted by Gasteiger charge is 2.11. The fourth-order valence-corrected chi connectivity index (χ4v) is 1.32. The Morgan fingerprint density at radius 3 is 2.94 bits per heavy atom. The standard InChI is InChI=1S/C10H10N4O2/c1-16-10(15)8-4-7(2-3-9(8)11)14-6-12-5-13-14/h2-6H,11H2,1H3. The van der Waals surface area contributed by atoms with Crippen molar-refractivity contribution in [2.45, 2.75) is 0 Å². The quantitative estimate of drug-likeness (QED) is 0.590. The first kappa shape index (κ1) is 10.2. The van der Waals surface area contributed by atoms with E-state index in [0.29, 0.717) is 16.9 Å². The SMILES string of the molecule is COC(=O)c1cc(-n2cncn2)ccc1N. The van der Waals surface area contributed by atoms with Gasteiger partial charge in [0.05, 0.1) is 18.4 Å². The van der Waals surface area contributed by atoms with Crippen molar-refractivity contribution in [1.29, 1.82) is 0 Å². The van der Waals surface area contributed by atoms with E-state index in [1.165, 1.54) is 24.4 Å². The molecule has 82 valence electrons. The summed E-state index contributed by atoms with van der Waals surface area (Å²) in [6.45, 7) is 0. The third-order valence-corrected chi connectivity index (χ3v) is 2.13. The molecule has 1 aromatic carbocycles. The van der Waals surface area contributed by atoms with Crippen molar-refractivity contribution in [1.82, 2.24) is 14.8 Å². The lowest BCUT2D eigenvalue weighted by molar-refractivity contribution is 0.0602. The lowest BCUT2D eigenvalue weighted by Gasteiger charge is -2.06. The van der Waals surface area contributed by atoms with Crippen LogP contribution in [0.2, 0.25) is 0 Å². The molecule has 0 bridgehead atoms. The zero-order valence-corrected chi connectivity index (χ0v) is 8.62. The van der Waals surface area contributed by atoms with E-state index in [1.54, 1.807) is 18.2 Å². The summed E-state index contributed by atoms with van der Waals surface area (Å²) in [6, 6.07) is 4.98. The molecule has 2 rings (SSSR count). The number of hydrogen-bond acceptors (Lipinski definition) is 5. The van der Waals surface area contributed by atoms with Crippen LogP contribution in [0.5, 0.6) is 0 Å². The third kappa shape index (κ3) is 1.72. The highest BCUT2D eigenvalue weighted by molar-refractivity contribution is 5.95. The van der Waals surface area contributed by atoms with Crippen LogP contribution < -0.4 is 5.73 Å². The maximum atomic E-state index is 11.4. The minimum Gasteiger partial charge on any atom is -0.465 e. The maximum absolute atomic E-state index is 11.4. The van der Waals surface area contributed by atoms with Gasteiger partial charge in [0, 0.05) is 5.69 Å². The predicted molar refractivity (Wildman–Crippen MR) is 57.1 cm³/mol. The second kappa shape index (κ2) is 4.01. The molecule has 1 aromatic heterocycles. The number of hydrogen-bond donors (Lipinski definition) is 1. The molecule has 0 saturated carbocycles. The van der Waals surface area contributed by atoms with Crippen LogP contribution in [0.3, 0.4) is 0 Å². The van der Waals surface area contributed by atoms with Crippen LogP contribution in [-0.2, 0) is 4.74 Å². The smallest absolute Gasteiger partial charge is 0.340 e. The summed E-state index contributed by atoms with van der Waals surface area (Å²) in [5, 5.41) is 3.96. The van der Waals surface area contributed by atoms with E-state index in [4.69, 9.17) is 5.73 Å². The zero-order chi connectivity index (χ0) is 11.5. The van der Waals surface area contributed by atoms with E-state index >= 15 is 0 Å². The largest absolute Gasteiger partial charge is 0.465 e. The molecule has 16 heavy (non-hydrogen) atoms. The van der Waals surface area contributed by atoms with Crippen LogP contribution in [0.1, 0.15) is 10.4 Å². The van der Waals surface area contributed by atoms with E-state index < -0.39 is 5.97 Å². The third-order valence-electron chi connectivity index (χ3n) is 2.13.